The summed E-state index contributed by atoms with van der Waals surface area (Å²) in [7, 11) is 0. The first kappa shape index (κ1) is 25.9. The van der Waals surface area contributed by atoms with Crippen LogP contribution in [0.5, 0.6) is 0 Å². The Kier molecular flexibility index (Phi) is 16.9. The van der Waals surface area contributed by atoms with Crippen molar-refractivity contribution in [1.82, 2.24) is 0 Å². The minimum absolute atomic E-state index is 0.183. The number of carbonyl (C=O) groups excluding carboxylic acids is 1. The Hall–Kier alpha value is -2.09. The number of rotatable bonds is 16. The molecule has 0 aliphatic carbocycles. The number of carbonyl (C=O) groups is 1. The van der Waals surface area contributed by atoms with E-state index in [1.54, 1.807) is 0 Å². The third-order valence-electron chi connectivity index (χ3n) is 4.98. The van der Waals surface area contributed by atoms with Crippen LogP contribution in [0.4, 0.5) is 0 Å². The van der Waals surface area contributed by atoms with Crippen LogP contribution >= 0.6 is 0 Å². The molecule has 1 amide bonds. The molecule has 0 rings (SSSR count). The molecule has 0 radical (unpaired) electrons. The second kappa shape index (κ2) is 18.3. The minimum atomic E-state index is -0.377. The molecule has 2 heteroatoms. The Labute approximate surface area is 173 Å². The standard InChI is InChI=1S/C26H41NO/c1-4-7-8-9-10-11-12-13-14-15-16-17-18-19-20-21-22-23-24-26(5-2,6-3)25(27)28/h7-8,10-11,13-14,16-17,19-20,22-23H,4-6,9,12,15,18,21,24H2,1-3H3,(H2,27,28)/b8-7-,11-10-,14-13-,17-16-,20-19-,23-22-. The Morgan fingerprint density at radius 1 is 0.607 bits per heavy atom. The molecule has 0 saturated heterocycles. The summed E-state index contributed by atoms with van der Waals surface area (Å²) in [4.78, 5) is 11.7. The van der Waals surface area contributed by atoms with Gasteiger partial charge in [0.15, 0.2) is 0 Å². The van der Waals surface area contributed by atoms with Gasteiger partial charge in [0.1, 0.15) is 0 Å². The Bertz CT molecular complexity index is 557. The van der Waals surface area contributed by atoms with Crippen molar-refractivity contribution in [2.75, 3.05) is 0 Å². The number of amides is 1. The molecule has 0 aromatic rings. The fraction of sp³-hybridized carbons (Fsp3) is 0.500. The molecule has 2 nitrogen and oxygen atoms in total. The van der Waals surface area contributed by atoms with E-state index in [9.17, 15) is 4.79 Å². The van der Waals surface area contributed by atoms with Gasteiger partial charge in [-0.2, -0.15) is 0 Å². The monoisotopic (exact) mass is 383 g/mol. The van der Waals surface area contributed by atoms with E-state index in [1.807, 2.05) is 13.8 Å². The van der Waals surface area contributed by atoms with E-state index >= 15 is 0 Å². The van der Waals surface area contributed by atoms with Crippen molar-refractivity contribution in [2.45, 2.75) is 78.6 Å². The van der Waals surface area contributed by atoms with E-state index in [0.29, 0.717) is 0 Å². The normalized spacial score (nSPS) is 13.5. The summed E-state index contributed by atoms with van der Waals surface area (Å²) in [6, 6.07) is 0. The third-order valence-corrected chi connectivity index (χ3v) is 4.98. The molecule has 0 fully saturated rings. The lowest BCUT2D eigenvalue weighted by Gasteiger charge is -2.26. The summed E-state index contributed by atoms with van der Waals surface area (Å²) in [6.45, 7) is 6.22. The van der Waals surface area contributed by atoms with Crippen molar-refractivity contribution in [2.24, 2.45) is 11.1 Å². The first-order valence-corrected chi connectivity index (χ1v) is 10.8. The molecule has 28 heavy (non-hydrogen) atoms. The quantitative estimate of drug-likeness (QED) is 0.278. The van der Waals surface area contributed by atoms with Crippen LogP contribution in [0, 0.1) is 5.41 Å². The highest BCUT2D eigenvalue weighted by Crippen LogP contribution is 2.30. The highest BCUT2D eigenvalue weighted by molar-refractivity contribution is 5.80. The Morgan fingerprint density at radius 2 is 0.929 bits per heavy atom. The van der Waals surface area contributed by atoms with Crippen molar-refractivity contribution in [3.8, 4) is 0 Å². The van der Waals surface area contributed by atoms with Crippen LogP contribution in [-0.2, 0) is 4.79 Å². The maximum absolute atomic E-state index is 11.7. The smallest absolute Gasteiger partial charge is 0.223 e. The van der Waals surface area contributed by atoms with Gasteiger partial charge in [-0.25, -0.2) is 0 Å². The van der Waals surface area contributed by atoms with Gasteiger partial charge >= 0.3 is 0 Å². The largest absolute Gasteiger partial charge is 0.369 e. The molecule has 0 aliphatic heterocycles. The molecule has 0 saturated carbocycles. The van der Waals surface area contributed by atoms with Crippen LogP contribution < -0.4 is 5.73 Å². The second-order valence-electron chi connectivity index (χ2n) is 6.97. The van der Waals surface area contributed by atoms with Gasteiger partial charge in [0, 0.05) is 0 Å². The molecule has 0 unspecified atom stereocenters. The molecule has 0 bridgehead atoms. The van der Waals surface area contributed by atoms with Gasteiger partial charge in [0.25, 0.3) is 0 Å². The first-order chi connectivity index (χ1) is 13.6. The lowest BCUT2D eigenvalue weighted by atomic mass is 9.78. The summed E-state index contributed by atoms with van der Waals surface area (Å²) in [6.07, 6.45) is 34.5. The topological polar surface area (TPSA) is 43.1 Å². The molecule has 0 heterocycles. The summed E-state index contributed by atoms with van der Waals surface area (Å²) < 4.78 is 0. The van der Waals surface area contributed by atoms with Crippen molar-refractivity contribution in [1.29, 1.82) is 0 Å². The van der Waals surface area contributed by atoms with Gasteiger partial charge in [0.05, 0.1) is 5.41 Å². The predicted molar refractivity (Wildman–Crippen MR) is 125 cm³/mol. The Morgan fingerprint density at radius 3 is 1.21 bits per heavy atom. The van der Waals surface area contributed by atoms with Crippen LogP contribution in [0.2, 0.25) is 0 Å². The van der Waals surface area contributed by atoms with E-state index in [2.05, 4.69) is 79.8 Å². The minimum Gasteiger partial charge on any atom is -0.369 e. The van der Waals surface area contributed by atoms with Crippen molar-refractivity contribution in [3.63, 3.8) is 0 Å². The number of hydrogen-bond donors (Lipinski definition) is 1. The first-order valence-electron chi connectivity index (χ1n) is 10.8. The van der Waals surface area contributed by atoms with E-state index < -0.39 is 0 Å². The van der Waals surface area contributed by atoms with Crippen molar-refractivity contribution in [3.05, 3.63) is 72.9 Å². The average Bonchev–Trinajstić information content (AvgIpc) is 2.70. The van der Waals surface area contributed by atoms with E-state index in [1.165, 1.54) is 0 Å². The van der Waals surface area contributed by atoms with E-state index in [0.717, 1.165) is 57.8 Å². The summed E-state index contributed by atoms with van der Waals surface area (Å²) in [5, 5.41) is 0. The SMILES string of the molecule is CC/C=C\C/C=C\C/C=C\C/C=C\C/C=C\C/C=C\CC(CC)(CC)C(N)=O. The van der Waals surface area contributed by atoms with Crippen LogP contribution in [0.3, 0.4) is 0 Å². The van der Waals surface area contributed by atoms with Crippen molar-refractivity contribution < 1.29 is 4.79 Å². The number of nitrogens with two attached hydrogens (primary N) is 1. The molecular formula is C26H41NO. The number of hydrogen-bond acceptors (Lipinski definition) is 1. The summed E-state index contributed by atoms with van der Waals surface area (Å²) >= 11 is 0. The van der Waals surface area contributed by atoms with Crippen LogP contribution in [0.25, 0.3) is 0 Å². The number of allylic oxidation sites excluding steroid dienone is 12. The lowest BCUT2D eigenvalue weighted by Crippen LogP contribution is -2.35. The van der Waals surface area contributed by atoms with E-state index in [4.69, 9.17) is 5.73 Å². The maximum Gasteiger partial charge on any atom is 0.223 e. The summed E-state index contributed by atoms with van der Waals surface area (Å²) in [5.41, 5.74) is 5.19. The molecule has 2 N–H and O–H groups in total. The zero-order valence-electron chi connectivity index (χ0n) is 18.3. The molecule has 0 aromatic carbocycles. The molecular weight excluding hydrogens is 342 g/mol. The fourth-order valence-corrected chi connectivity index (χ4v) is 2.82. The van der Waals surface area contributed by atoms with Gasteiger partial charge < -0.3 is 5.73 Å². The van der Waals surface area contributed by atoms with Gasteiger partial charge in [-0.3, -0.25) is 4.79 Å². The molecule has 0 aliphatic rings. The molecule has 0 spiro atoms. The van der Waals surface area contributed by atoms with Gasteiger partial charge in [-0.1, -0.05) is 93.7 Å². The zero-order chi connectivity index (χ0) is 20.9. The zero-order valence-corrected chi connectivity index (χ0v) is 18.3. The molecule has 0 aromatic heterocycles. The highest BCUT2D eigenvalue weighted by atomic mass is 16.1. The van der Waals surface area contributed by atoms with Crippen LogP contribution in [0.1, 0.15) is 78.6 Å². The van der Waals surface area contributed by atoms with Crippen molar-refractivity contribution >= 4 is 5.91 Å². The predicted octanol–water partition coefficient (Wildman–Crippen LogP) is 7.37. The highest BCUT2D eigenvalue weighted by Gasteiger charge is 2.30. The molecule has 156 valence electrons. The van der Waals surface area contributed by atoms with E-state index in [-0.39, 0.29) is 11.3 Å². The third kappa shape index (κ3) is 13.1. The lowest BCUT2D eigenvalue weighted by molar-refractivity contribution is -0.128. The maximum atomic E-state index is 11.7. The van der Waals surface area contributed by atoms with Gasteiger partial charge in [-0.15, -0.1) is 0 Å². The van der Waals surface area contributed by atoms with Gasteiger partial charge in [0.2, 0.25) is 5.91 Å². The van der Waals surface area contributed by atoms with Gasteiger partial charge in [-0.05, 0) is 57.8 Å². The molecule has 0 atom stereocenters. The van der Waals surface area contributed by atoms with Crippen LogP contribution in [-0.4, -0.2) is 5.91 Å². The second-order valence-corrected chi connectivity index (χ2v) is 6.97. The average molecular weight is 384 g/mol. The summed E-state index contributed by atoms with van der Waals surface area (Å²) in [5.74, 6) is -0.183. The number of primary amides is 1. The fourth-order valence-electron chi connectivity index (χ4n) is 2.82. The van der Waals surface area contributed by atoms with Crippen LogP contribution in [0.15, 0.2) is 72.9 Å². The Balaban J connectivity index is 3.85.